The minimum atomic E-state index is -1.06. The zero-order chi connectivity index (χ0) is 19.3. The lowest BCUT2D eigenvalue weighted by atomic mass is 10.1. The lowest BCUT2D eigenvalue weighted by Gasteiger charge is -2.25. The molecule has 5 heteroatoms. The predicted octanol–water partition coefficient (Wildman–Crippen LogP) is 4.53. The summed E-state index contributed by atoms with van der Waals surface area (Å²) in [5, 5.41) is 0. The van der Waals surface area contributed by atoms with Crippen LogP contribution in [0.1, 0.15) is 44.9 Å². The number of aryl methyl sites for hydroxylation is 1. The van der Waals surface area contributed by atoms with Crippen molar-refractivity contribution in [3.05, 3.63) is 53.6 Å². The lowest BCUT2D eigenvalue weighted by Crippen LogP contribution is -2.39. The van der Waals surface area contributed by atoms with E-state index < -0.39 is 11.6 Å². The van der Waals surface area contributed by atoms with Crippen LogP contribution in [0.4, 0.5) is 0 Å². The summed E-state index contributed by atoms with van der Waals surface area (Å²) >= 11 is 0. The Morgan fingerprint density at radius 1 is 1.15 bits per heavy atom. The van der Waals surface area contributed by atoms with Gasteiger partial charge in [-0.3, -0.25) is 0 Å². The van der Waals surface area contributed by atoms with Crippen LogP contribution in [0.15, 0.2) is 42.5 Å². The average molecular weight is 357 g/mol. The van der Waals surface area contributed by atoms with Crippen molar-refractivity contribution >= 4 is 5.97 Å². The van der Waals surface area contributed by atoms with Crippen molar-refractivity contribution in [3.8, 4) is 17.2 Å². The maximum absolute atomic E-state index is 12.0. The van der Waals surface area contributed by atoms with E-state index in [0.29, 0.717) is 18.1 Å². The number of carbonyl (C=O) groups excluding carboxylic acids is 1. The van der Waals surface area contributed by atoms with Gasteiger partial charge < -0.3 is 19.9 Å². The van der Waals surface area contributed by atoms with Crippen LogP contribution in [0.5, 0.6) is 17.2 Å². The van der Waals surface area contributed by atoms with Gasteiger partial charge >= 0.3 is 5.97 Å². The van der Waals surface area contributed by atoms with Crippen LogP contribution >= 0.6 is 0 Å². The SMILES string of the molecule is CCOC(=O)C(C)(C)Oc1ccc(Oc2cccc(C(C)N)c2)cc1C. The fourth-order valence-electron chi connectivity index (χ4n) is 2.42. The molecule has 0 aromatic heterocycles. The molecule has 0 aliphatic rings. The molecule has 26 heavy (non-hydrogen) atoms. The van der Waals surface area contributed by atoms with E-state index in [2.05, 4.69) is 0 Å². The largest absolute Gasteiger partial charge is 0.476 e. The molecule has 1 unspecified atom stereocenters. The van der Waals surface area contributed by atoms with Gasteiger partial charge in [0.05, 0.1) is 6.61 Å². The van der Waals surface area contributed by atoms with E-state index in [1.807, 2.05) is 50.2 Å². The zero-order valence-electron chi connectivity index (χ0n) is 16.0. The van der Waals surface area contributed by atoms with Crippen molar-refractivity contribution in [2.75, 3.05) is 6.61 Å². The molecule has 0 aliphatic carbocycles. The van der Waals surface area contributed by atoms with Gasteiger partial charge in [-0.2, -0.15) is 0 Å². The third-order valence-corrected chi connectivity index (χ3v) is 3.90. The summed E-state index contributed by atoms with van der Waals surface area (Å²) in [7, 11) is 0. The Labute approximate surface area is 155 Å². The highest BCUT2D eigenvalue weighted by Gasteiger charge is 2.32. The fourth-order valence-corrected chi connectivity index (χ4v) is 2.42. The molecule has 2 rings (SSSR count). The number of hydrogen-bond acceptors (Lipinski definition) is 5. The molecule has 0 fully saturated rings. The lowest BCUT2D eigenvalue weighted by molar-refractivity contribution is -0.158. The van der Waals surface area contributed by atoms with Gasteiger partial charge in [-0.15, -0.1) is 0 Å². The number of esters is 1. The van der Waals surface area contributed by atoms with Crippen LogP contribution in [-0.2, 0) is 9.53 Å². The summed E-state index contributed by atoms with van der Waals surface area (Å²) in [6.07, 6.45) is 0. The van der Waals surface area contributed by atoms with E-state index >= 15 is 0 Å². The predicted molar refractivity (Wildman–Crippen MR) is 102 cm³/mol. The van der Waals surface area contributed by atoms with Gasteiger partial charge in [0.1, 0.15) is 17.2 Å². The van der Waals surface area contributed by atoms with Crippen molar-refractivity contribution < 1.29 is 19.0 Å². The number of carbonyl (C=O) groups is 1. The van der Waals surface area contributed by atoms with Crippen molar-refractivity contribution in [2.45, 2.75) is 46.3 Å². The molecule has 2 N–H and O–H groups in total. The maximum Gasteiger partial charge on any atom is 0.349 e. The summed E-state index contributed by atoms with van der Waals surface area (Å²) in [6.45, 7) is 9.30. The molecule has 0 radical (unpaired) electrons. The first-order valence-corrected chi connectivity index (χ1v) is 8.73. The first-order chi connectivity index (χ1) is 12.2. The van der Waals surface area contributed by atoms with Gasteiger partial charge in [-0.1, -0.05) is 12.1 Å². The number of benzene rings is 2. The molecule has 0 saturated carbocycles. The van der Waals surface area contributed by atoms with E-state index in [-0.39, 0.29) is 6.04 Å². The number of hydrogen-bond donors (Lipinski definition) is 1. The quantitative estimate of drug-likeness (QED) is 0.737. The van der Waals surface area contributed by atoms with Gasteiger partial charge in [-0.05, 0) is 76.1 Å². The number of rotatable bonds is 7. The molecule has 0 spiro atoms. The minimum Gasteiger partial charge on any atom is -0.476 e. The Balaban J connectivity index is 2.14. The molecule has 0 saturated heterocycles. The average Bonchev–Trinajstić information content (AvgIpc) is 2.57. The molecule has 5 nitrogen and oxygen atoms in total. The van der Waals surface area contributed by atoms with Gasteiger partial charge in [0.2, 0.25) is 0 Å². The van der Waals surface area contributed by atoms with Crippen LogP contribution in [0.25, 0.3) is 0 Å². The first kappa shape index (κ1) is 19.8. The van der Waals surface area contributed by atoms with Crippen molar-refractivity contribution in [3.63, 3.8) is 0 Å². The highest BCUT2D eigenvalue weighted by atomic mass is 16.6. The first-order valence-electron chi connectivity index (χ1n) is 8.73. The van der Waals surface area contributed by atoms with Crippen molar-refractivity contribution in [1.82, 2.24) is 0 Å². The molecule has 0 bridgehead atoms. The summed E-state index contributed by atoms with van der Waals surface area (Å²) < 4.78 is 16.8. The third kappa shape index (κ3) is 4.99. The Hall–Kier alpha value is -2.53. The van der Waals surface area contributed by atoms with Crippen LogP contribution in [-0.4, -0.2) is 18.2 Å². The summed E-state index contributed by atoms with van der Waals surface area (Å²) in [5.74, 6) is 1.62. The molecule has 140 valence electrons. The normalized spacial score (nSPS) is 12.4. The monoisotopic (exact) mass is 357 g/mol. The Kier molecular flexibility index (Phi) is 6.27. The van der Waals surface area contributed by atoms with Crippen molar-refractivity contribution in [2.24, 2.45) is 5.73 Å². The molecule has 0 amide bonds. The second-order valence-corrected chi connectivity index (χ2v) is 6.72. The van der Waals surface area contributed by atoms with E-state index in [1.54, 1.807) is 26.8 Å². The number of ether oxygens (including phenoxy) is 3. The van der Waals surface area contributed by atoms with E-state index in [9.17, 15) is 4.79 Å². The fraction of sp³-hybridized carbons (Fsp3) is 0.381. The molecule has 2 aromatic rings. The summed E-state index contributed by atoms with van der Waals surface area (Å²) in [4.78, 5) is 12.0. The molecule has 0 aliphatic heterocycles. The van der Waals surface area contributed by atoms with Gasteiger partial charge in [0.25, 0.3) is 0 Å². The topological polar surface area (TPSA) is 70.8 Å². The smallest absolute Gasteiger partial charge is 0.349 e. The second kappa shape index (κ2) is 8.23. The zero-order valence-corrected chi connectivity index (χ0v) is 16.0. The molecule has 2 aromatic carbocycles. The van der Waals surface area contributed by atoms with Gasteiger partial charge in [-0.25, -0.2) is 4.79 Å². The van der Waals surface area contributed by atoms with E-state index in [0.717, 1.165) is 16.9 Å². The maximum atomic E-state index is 12.0. The van der Waals surface area contributed by atoms with E-state index in [1.165, 1.54) is 0 Å². The number of nitrogens with two attached hydrogens (primary N) is 1. The van der Waals surface area contributed by atoms with Crippen LogP contribution in [0.2, 0.25) is 0 Å². The summed E-state index contributed by atoms with van der Waals surface area (Å²) in [5.41, 5.74) is 6.73. The van der Waals surface area contributed by atoms with Crippen LogP contribution < -0.4 is 15.2 Å². The van der Waals surface area contributed by atoms with Crippen molar-refractivity contribution in [1.29, 1.82) is 0 Å². The standard InChI is InChI=1S/C21H27NO4/c1-6-24-20(23)21(4,5)26-19-11-10-18(12-14(19)2)25-17-9-7-8-16(13-17)15(3)22/h7-13,15H,6,22H2,1-5H3. The molecular weight excluding hydrogens is 330 g/mol. The Morgan fingerprint density at radius 2 is 1.85 bits per heavy atom. The highest BCUT2D eigenvalue weighted by molar-refractivity contribution is 5.79. The highest BCUT2D eigenvalue weighted by Crippen LogP contribution is 2.30. The second-order valence-electron chi connectivity index (χ2n) is 6.72. The van der Waals surface area contributed by atoms with Gasteiger partial charge in [0, 0.05) is 6.04 Å². The van der Waals surface area contributed by atoms with E-state index in [4.69, 9.17) is 19.9 Å². The minimum absolute atomic E-state index is 0.0545. The summed E-state index contributed by atoms with van der Waals surface area (Å²) in [6, 6.07) is 13.1. The Morgan fingerprint density at radius 3 is 2.46 bits per heavy atom. The molecule has 1 atom stereocenters. The third-order valence-electron chi connectivity index (χ3n) is 3.90. The Bertz CT molecular complexity index is 768. The van der Waals surface area contributed by atoms with Crippen LogP contribution in [0, 0.1) is 6.92 Å². The molecule has 0 heterocycles. The van der Waals surface area contributed by atoms with Gasteiger partial charge in [0.15, 0.2) is 5.60 Å². The van der Waals surface area contributed by atoms with Crippen LogP contribution in [0.3, 0.4) is 0 Å². The molecular formula is C21H27NO4.